The fraction of sp³-hybridized carbons (Fsp3) is 0.316. The second-order valence-corrected chi connectivity index (χ2v) is 8.82. The number of ether oxygens (including phenoxy) is 1. The van der Waals surface area contributed by atoms with Crippen LogP contribution in [0.5, 0.6) is 0 Å². The molecule has 1 aromatic carbocycles. The second kappa shape index (κ2) is 9.34. The van der Waals surface area contributed by atoms with Gasteiger partial charge in [0.1, 0.15) is 5.00 Å². The summed E-state index contributed by atoms with van der Waals surface area (Å²) in [5.74, 6) is -1.53. The molecule has 1 aromatic heterocycles. The SMILES string of the molecule is CC(=O)Nc1sc2c(c1C(=O)OCC(=O)Nc1c(Cl)cc(Cl)cc1Cl)CCCC2. The van der Waals surface area contributed by atoms with Crippen LogP contribution in [-0.4, -0.2) is 24.4 Å². The maximum atomic E-state index is 12.7. The van der Waals surface area contributed by atoms with E-state index >= 15 is 0 Å². The molecule has 0 unspecified atom stereocenters. The molecule has 6 nitrogen and oxygen atoms in total. The van der Waals surface area contributed by atoms with E-state index in [1.807, 2.05) is 0 Å². The number of fused-ring (bicyclic) bond motifs is 1. The van der Waals surface area contributed by atoms with Crippen molar-refractivity contribution in [1.29, 1.82) is 0 Å². The van der Waals surface area contributed by atoms with Gasteiger partial charge in [0.2, 0.25) is 5.91 Å². The Hall–Kier alpha value is -1.80. The Kier molecular flexibility index (Phi) is 7.05. The summed E-state index contributed by atoms with van der Waals surface area (Å²) in [6.07, 6.45) is 3.58. The maximum Gasteiger partial charge on any atom is 0.341 e. The number of nitrogens with one attached hydrogen (secondary N) is 2. The Morgan fingerprint density at radius 2 is 1.72 bits per heavy atom. The Balaban J connectivity index is 1.72. The van der Waals surface area contributed by atoms with Crippen molar-refractivity contribution in [3.63, 3.8) is 0 Å². The summed E-state index contributed by atoms with van der Waals surface area (Å²) in [5, 5.41) is 6.32. The number of thiophene rings is 1. The first-order valence-corrected chi connectivity index (χ1v) is 10.7. The fourth-order valence-corrected chi connectivity index (χ4v) is 5.31. The summed E-state index contributed by atoms with van der Waals surface area (Å²) in [6.45, 7) is 0.846. The molecule has 2 amide bonds. The number of esters is 1. The summed E-state index contributed by atoms with van der Waals surface area (Å²) in [6, 6.07) is 2.88. The number of carbonyl (C=O) groups is 3. The average Bonchev–Trinajstić information content (AvgIpc) is 2.99. The fourth-order valence-electron chi connectivity index (χ4n) is 3.07. The molecule has 0 bridgehead atoms. The van der Waals surface area contributed by atoms with Crippen LogP contribution in [0.3, 0.4) is 0 Å². The molecule has 0 spiro atoms. The van der Waals surface area contributed by atoms with Gasteiger partial charge in [0.25, 0.3) is 5.91 Å². The molecule has 2 N–H and O–H groups in total. The van der Waals surface area contributed by atoms with E-state index < -0.39 is 18.5 Å². The van der Waals surface area contributed by atoms with Gasteiger partial charge in [0.15, 0.2) is 6.61 Å². The van der Waals surface area contributed by atoms with Crippen LogP contribution in [0, 0.1) is 0 Å². The van der Waals surface area contributed by atoms with Gasteiger partial charge in [-0.15, -0.1) is 11.3 Å². The molecule has 0 fully saturated rings. The number of hydrogen-bond donors (Lipinski definition) is 2. The van der Waals surface area contributed by atoms with E-state index in [1.54, 1.807) is 0 Å². The van der Waals surface area contributed by atoms with Gasteiger partial charge in [-0.3, -0.25) is 9.59 Å². The van der Waals surface area contributed by atoms with Crippen molar-refractivity contribution in [3.8, 4) is 0 Å². The molecule has 3 rings (SSSR count). The lowest BCUT2D eigenvalue weighted by molar-refractivity contribution is -0.119. The van der Waals surface area contributed by atoms with Crippen LogP contribution < -0.4 is 10.6 Å². The molecule has 0 radical (unpaired) electrons. The summed E-state index contributed by atoms with van der Waals surface area (Å²) in [7, 11) is 0. The minimum Gasteiger partial charge on any atom is -0.452 e. The zero-order chi connectivity index (χ0) is 21.1. The molecule has 0 aliphatic heterocycles. The first kappa shape index (κ1) is 21.9. The van der Waals surface area contributed by atoms with Crippen LogP contribution in [0.1, 0.15) is 40.6 Å². The molecule has 1 heterocycles. The standard InChI is InChI=1S/C19H17Cl3N2O4S/c1-9(25)23-18-16(11-4-2-3-5-14(11)29-18)19(27)28-8-15(26)24-17-12(21)6-10(20)7-13(17)22/h6-7H,2-5,8H2,1H3,(H,23,25)(H,24,26). The van der Waals surface area contributed by atoms with Gasteiger partial charge in [0, 0.05) is 16.8 Å². The molecule has 0 saturated carbocycles. The minimum atomic E-state index is -0.656. The second-order valence-electron chi connectivity index (χ2n) is 6.46. The van der Waals surface area contributed by atoms with Crippen molar-refractivity contribution in [2.45, 2.75) is 32.6 Å². The molecular weight excluding hydrogens is 459 g/mol. The number of aryl methyl sites for hydroxylation is 1. The van der Waals surface area contributed by atoms with Crippen LogP contribution in [-0.2, 0) is 27.2 Å². The number of halogens is 3. The third-order valence-corrected chi connectivity index (χ3v) is 6.29. The quantitative estimate of drug-likeness (QED) is 0.572. The van der Waals surface area contributed by atoms with E-state index in [4.69, 9.17) is 39.5 Å². The monoisotopic (exact) mass is 474 g/mol. The number of amides is 2. The van der Waals surface area contributed by atoms with E-state index in [0.29, 0.717) is 15.6 Å². The molecule has 154 valence electrons. The third-order valence-electron chi connectivity index (χ3n) is 4.27. The smallest absolute Gasteiger partial charge is 0.341 e. The van der Waals surface area contributed by atoms with E-state index in [1.165, 1.54) is 30.4 Å². The predicted molar refractivity (Wildman–Crippen MR) is 116 cm³/mol. The van der Waals surface area contributed by atoms with Gasteiger partial charge in [0.05, 0.1) is 21.3 Å². The molecule has 2 aromatic rings. The van der Waals surface area contributed by atoms with Gasteiger partial charge in [-0.2, -0.15) is 0 Å². The molecule has 0 atom stereocenters. The zero-order valence-electron chi connectivity index (χ0n) is 15.4. The first-order valence-electron chi connectivity index (χ1n) is 8.80. The lowest BCUT2D eigenvalue weighted by atomic mass is 9.95. The molecule has 0 saturated heterocycles. The van der Waals surface area contributed by atoms with Crippen LogP contribution in [0.4, 0.5) is 10.7 Å². The van der Waals surface area contributed by atoms with Crippen molar-refractivity contribution in [1.82, 2.24) is 0 Å². The highest BCUT2D eigenvalue weighted by molar-refractivity contribution is 7.17. The zero-order valence-corrected chi connectivity index (χ0v) is 18.4. The topological polar surface area (TPSA) is 84.5 Å². The lowest BCUT2D eigenvalue weighted by Crippen LogP contribution is -2.22. The van der Waals surface area contributed by atoms with Gasteiger partial charge >= 0.3 is 5.97 Å². The average molecular weight is 476 g/mol. The van der Waals surface area contributed by atoms with Crippen LogP contribution in [0.15, 0.2) is 12.1 Å². The third kappa shape index (κ3) is 5.22. The highest BCUT2D eigenvalue weighted by atomic mass is 35.5. The first-order chi connectivity index (χ1) is 13.8. The molecular formula is C19H17Cl3N2O4S. The Labute approximate surface area is 186 Å². The lowest BCUT2D eigenvalue weighted by Gasteiger charge is -2.13. The van der Waals surface area contributed by atoms with Crippen molar-refractivity contribution < 1.29 is 19.1 Å². The normalized spacial score (nSPS) is 12.8. The van der Waals surface area contributed by atoms with Gasteiger partial charge in [-0.1, -0.05) is 34.8 Å². The van der Waals surface area contributed by atoms with E-state index in [2.05, 4.69) is 10.6 Å². The number of anilines is 2. The summed E-state index contributed by atoms with van der Waals surface area (Å²) < 4.78 is 5.20. The highest BCUT2D eigenvalue weighted by Gasteiger charge is 2.27. The highest BCUT2D eigenvalue weighted by Crippen LogP contribution is 2.38. The number of hydrogen-bond acceptors (Lipinski definition) is 5. The van der Waals surface area contributed by atoms with E-state index in [9.17, 15) is 14.4 Å². The van der Waals surface area contributed by atoms with Crippen molar-refractivity contribution in [2.75, 3.05) is 17.2 Å². The molecule has 29 heavy (non-hydrogen) atoms. The Bertz CT molecular complexity index is 967. The van der Waals surface area contributed by atoms with Crippen molar-refractivity contribution in [3.05, 3.63) is 43.2 Å². The summed E-state index contributed by atoms with van der Waals surface area (Å²) in [5.41, 5.74) is 1.40. The molecule has 10 heteroatoms. The number of rotatable bonds is 5. The van der Waals surface area contributed by atoms with E-state index in [0.717, 1.165) is 36.1 Å². The van der Waals surface area contributed by atoms with Gasteiger partial charge in [-0.25, -0.2) is 4.79 Å². The van der Waals surface area contributed by atoms with Crippen LogP contribution >= 0.6 is 46.1 Å². The number of benzene rings is 1. The van der Waals surface area contributed by atoms with Gasteiger partial charge in [-0.05, 0) is 43.4 Å². The Morgan fingerprint density at radius 1 is 1.07 bits per heavy atom. The summed E-state index contributed by atoms with van der Waals surface area (Å²) >= 11 is 19.3. The number of carbonyl (C=O) groups excluding carboxylic acids is 3. The van der Waals surface area contributed by atoms with Crippen LogP contribution in [0.2, 0.25) is 15.1 Å². The largest absolute Gasteiger partial charge is 0.452 e. The summed E-state index contributed by atoms with van der Waals surface area (Å²) in [4.78, 5) is 37.5. The minimum absolute atomic E-state index is 0.169. The Morgan fingerprint density at radius 3 is 2.38 bits per heavy atom. The van der Waals surface area contributed by atoms with Gasteiger partial charge < -0.3 is 15.4 Å². The van der Waals surface area contributed by atoms with Crippen molar-refractivity contribution in [2.24, 2.45) is 0 Å². The van der Waals surface area contributed by atoms with Crippen LogP contribution in [0.25, 0.3) is 0 Å². The molecule has 1 aliphatic rings. The van der Waals surface area contributed by atoms with E-state index in [-0.39, 0.29) is 21.6 Å². The van der Waals surface area contributed by atoms with Crippen molar-refractivity contribution >= 4 is 74.6 Å². The molecule has 1 aliphatic carbocycles. The maximum absolute atomic E-state index is 12.7. The predicted octanol–water partition coefficient (Wildman–Crippen LogP) is 5.34.